The van der Waals surface area contributed by atoms with Gasteiger partial charge in [0.15, 0.2) is 5.78 Å². The van der Waals surface area contributed by atoms with Crippen LogP contribution in [-0.4, -0.2) is 23.3 Å². The Labute approximate surface area is 128 Å². The van der Waals surface area contributed by atoms with Crippen molar-refractivity contribution in [2.24, 2.45) is 5.92 Å². The summed E-state index contributed by atoms with van der Waals surface area (Å²) in [6, 6.07) is 9.19. The Bertz CT molecular complexity index is 756. The molecule has 2 aromatic rings. The molecule has 0 atom stereocenters. The number of fused-ring (bicyclic) bond motifs is 1. The van der Waals surface area contributed by atoms with Gasteiger partial charge in [-0.1, -0.05) is 30.4 Å². The lowest BCUT2D eigenvalue weighted by Gasteiger charge is -2.11. The molecule has 0 saturated heterocycles. The molecule has 1 aliphatic carbocycles. The summed E-state index contributed by atoms with van der Waals surface area (Å²) in [7, 11) is 0. The van der Waals surface area contributed by atoms with E-state index >= 15 is 0 Å². The standard InChI is InChI=1S/C18H15NO3/c20-15-8-6-13(7-9-15)10-12-22-18(21)16-5-1-3-14-4-2-11-19-17(14)16/h1-9,11,13H,10,12H2. The zero-order chi connectivity index (χ0) is 15.4. The van der Waals surface area contributed by atoms with Crippen LogP contribution in [0.3, 0.4) is 0 Å². The van der Waals surface area contributed by atoms with Gasteiger partial charge in [-0.05, 0) is 36.6 Å². The zero-order valence-corrected chi connectivity index (χ0v) is 11.9. The van der Waals surface area contributed by atoms with Crippen LogP contribution in [0.2, 0.25) is 0 Å². The number of ether oxygens (including phenoxy) is 1. The largest absolute Gasteiger partial charge is 0.462 e. The quantitative estimate of drug-likeness (QED) is 0.813. The molecule has 0 aliphatic heterocycles. The number of benzene rings is 1. The summed E-state index contributed by atoms with van der Waals surface area (Å²) in [5.74, 6) is -0.240. The molecular formula is C18H15NO3. The van der Waals surface area contributed by atoms with Crippen LogP contribution in [0, 0.1) is 5.92 Å². The van der Waals surface area contributed by atoms with Crippen molar-refractivity contribution < 1.29 is 14.3 Å². The Balaban J connectivity index is 1.63. The highest BCUT2D eigenvalue weighted by molar-refractivity contribution is 6.02. The number of esters is 1. The van der Waals surface area contributed by atoms with Gasteiger partial charge in [-0.15, -0.1) is 0 Å². The first-order valence-electron chi connectivity index (χ1n) is 7.15. The maximum absolute atomic E-state index is 12.2. The van der Waals surface area contributed by atoms with Gasteiger partial charge >= 0.3 is 5.97 Å². The molecule has 110 valence electrons. The summed E-state index contributed by atoms with van der Waals surface area (Å²) < 4.78 is 5.33. The maximum Gasteiger partial charge on any atom is 0.340 e. The lowest BCUT2D eigenvalue weighted by atomic mass is 10.00. The Morgan fingerprint density at radius 2 is 1.91 bits per heavy atom. The van der Waals surface area contributed by atoms with Crippen molar-refractivity contribution in [3.05, 3.63) is 66.4 Å². The third-order valence-electron chi connectivity index (χ3n) is 3.55. The van der Waals surface area contributed by atoms with Gasteiger partial charge in [0, 0.05) is 11.6 Å². The molecule has 0 spiro atoms. The monoisotopic (exact) mass is 293 g/mol. The lowest BCUT2D eigenvalue weighted by Crippen LogP contribution is -2.10. The van der Waals surface area contributed by atoms with Gasteiger partial charge < -0.3 is 4.74 Å². The van der Waals surface area contributed by atoms with E-state index in [1.807, 2.05) is 36.4 Å². The van der Waals surface area contributed by atoms with E-state index in [1.54, 1.807) is 24.4 Å². The number of nitrogens with zero attached hydrogens (tertiary/aromatic N) is 1. The van der Waals surface area contributed by atoms with Crippen molar-refractivity contribution in [2.45, 2.75) is 6.42 Å². The molecular weight excluding hydrogens is 278 g/mol. The average Bonchev–Trinajstić information content (AvgIpc) is 2.56. The second-order valence-electron chi connectivity index (χ2n) is 5.09. The molecule has 0 fully saturated rings. The van der Waals surface area contributed by atoms with Crippen LogP contribution in [0.1, 0.15) is 16.8 Å². The van der Waals surface area contributed by atoms with Crippen LogP contribution < -0.4 is 0 Å². The van der Waals surface area contributed by atoms with Gasteiger partial charge in [-0.2, -0.15) is 0 Å². The first-order chi connectivity index (χ1) is 10.7. The highest BCUT2D eigenvalue weighted by Crippen LogP contribution is 2.17. The van der Waals surface area contributed by atoms with E-state index in [0.29, 0.717) is 24.1 Å². The molecule has 1 aliphatic rings. The fourth-order valence-electron chi connectivity index (χ4n) is 2.38. The van der Waals surface area contributed by atoms with Gasteiger partial charge in [0.2, 0.25) is 0 Å². The third kappa shape index (κ3) is 3.11. The minimum atomic E-state index is -0.371. The summed E-state index contributed by atoms with van der Waals surface area (Å²) in [4.78, 5) is 27.5. The van der Waals surface area contributed by atoms with Crippen LogP contribution in [0.25, 0.3) is 10.9 Å². The minimum Gasteiger partial charge on any atom is -0.462 e. The smallest absolute Gasteiger partial charge is 0.340 e. The van der Waals surface area contributed by atoms with E-state index in [4.69, 9.17) is 4.74 Å². The first kappa shape index (κ1) is 14.2. The molecule has 0 bridgehead atoms. The molecule has 22 heavy (non-hydrogen) atoms. The topological polar surface area (TPSA) is 56.3 Å². The number of hydrogen-bond acceptors (Lipinski definition) is 4. The Hall–Kier alpha value is -2.75. The fourth-order valence-corrected chi connectivity index (χ4v) is 2.38. The number of rotatable bonds is 4. The molecule has 1 aromatic heterocycles. The second kappa shape index (κ2) is 6.35. The van der Waals surface area contributed by atoms with Crippen LogP contribution >= 0.6 is 0 Å². The third-order valence-corrected chi connectivity index (χ3v) is 3.55. The van der Waals surface area contributed by atoms with Crippen LogP contribution in [0.5, 0.6) is 0 Å². The molecule has 1 heterocycles. The fraction of sp³-hybridized carbons (Fsp3) is 0.167. The summed E-state index contributed by atoms with van der Waals surface area (Å²) in [5.41, 5.74) is 1.13. The Kier molecular flexibility index (Phi) is 4.10. The predicted molar refractivity (Wildman–Crippen MR) is 83.4 cm³/mol. The van der Waals surface area contributed by atoms with E-state index in [2.05, 4.69) is 4.98 Å². The Morgan fingerprint density at radius 3 is 2.73 bits per heavy atom. The second-order valence-corrected chi connectivity index (χ2v) is 5.09. The molecule has 0 amide bonds. The molecule has 4 heteroatoms. The van der Waals surface area contributed by atoms with E-state index in [0.717, 1.165) is 5.39 Å². The zero-order valence-electron chi connectivity index (χ0n) is 11.9. The summed E-state index contributed by atoms with van der Waals surface area (Å²) in [5, 5.41) is 0.911. The van der Waals surface area contributed by atoms with Crippen molar-refractivity contribution in [1.82, 2.24) is 4.98 Å². The summed E-state index contributed by atoms with van der Waals surface area (Å²) in [6.45, 7) is 0.301. The normalized spacial score (nSPS) is 14.5. The van der Waals surface area contributed by atoms with Crippen molar-refractivity contribution in [3.63, 3.8) is 0 Å². The van der Waals surface area contributed by atoms with Crippen molar-refractivity contribution in [2.75, 3.05) is 6.61 Å². The molecule has 0 radical (unpaired) electrons. The van der Waals surface area contributed by atoms with Crippen molar-refractivity contribution >= 4 is 22.7 Å². The molecule has 3 rings (SSSR count). The van der Waals surface area contributed by atoms with Crippen LogP contribution in [0.4, 0.5) is 0 Å². The number of para-hydroxylation sites is 1. The summed E-state index contributed by atoms with van der Waals surface area (Å²) in [6.07, 6.45) is 9.06. The Morgan fingerprint density at radius 1 is 1.14 bits per heavy atom. The molecule has 0 N–H and O–H groups in total. The number of carbonyl (C=O) groups is 2. The van der Waals surface area contributed by atoms with Crippen molar-refractivity contribution in [1.29, 1.82) is 0 Å². The number of ketones is 1. The van der Waals surface area contributed by atoms with Crippen LogP contribution in [0.15, 0.2) is 60.8 Å². The highest BCUT2D eigenvalue weighted by Gasteiger charge is 2.13. The minimum absolute atomic E-state index is 0.00456. The number of carbonyl (C=O) groups excluding carboxylic acids is 2. The number of hydrogen-bond donors (Lipinski definition) is 0. The molecule has 0 unspecified atom stereocenters. The number of aromatic nitrogens is 1. The lowest BCUT2D eigenvalue weighted by molar-refractivity contribution is -0.110. The van der Waals surface area contributed by atoms with E-state index in [-0.39, 0.29) is 17.7 Å². The average molecular weight is 293 g/mol. The predicted octanol–water partition coefficient (Wildman–Crippen LogP) is 3.09. The van der Waals surface area contributed by atoms with E-state index < -0.39 is 0 Å². The van der Waals surface area contributed by atoms with Gasteiger partial charge in [0.1, 0.15) is 0 Å². The summed E-state index contributed by atoms with van der Waals surface area (Å²) >= 11 is 0. The van der Waals surface area contributed by atoms with E-state index in [9.17, 15) is 9.59 Å². The number of allylic oxidation sites excluding steroid dienone is 4. The van der Waals surface area contributed by atoms with Crippen molar-refractivity contribution in [3.8, 4) is 0 Å². The molecule has 1 aromatic carbocycles. The van der Waals surface area contributed by atoms with Gasteiger partial charge in [-0.3, -0.25) is 9.78 Å². The SMILES string of the molecule is O=C1C=CC(CCOC(=O)c2cccc3cccnc23)C=C1. The maximum atomic E-state index is 12.2. The van der Waals surface area contributed by atoms with Crippen LogP contribution in [-0.2, 0) is 9.53 Å². The first-order valence-corrected chi connectivity index (χ1v) is 7.15. The van der Waals surface area contributed by atoms with Gasteiger partial charge in [0.05, 0.1) is 17.7 Å². The molecule has 0 saturated carbocycles. The molecule has 4 nitrogen and oxygen atoms in total. The van der Waals surface area contributed by atoms with Gasteiger partial charge in [-0.25, -0.2) is 4.79 Å². The van der Waals surface area contributed by atoms with Gasteiger partial charge in [0.25, 0.3) is 0 Å². The highest BCUT2D eigenvalue weighted by atomic mass is 16.5. The van der Waals surface area contributed by atoms with E-state index in [1.165, 1.54) is 0 Å². The number of pyridine rings is 1.